The van der Waals surface area contributed by atoms with Crippen molar-refractivity contribution in [2.45, 2.75) is 455 Å². The summed E-state index contributed by atoms with van der Waals surface area (Å²) in [5.41, 5.74) is 0. The first-order valence-electron chi connectivity index (χ1n) is 41.4. The molecule has 1 heterocycles. The monoisotopic (exact) mass is 1340 g/mol. The second kappa shape index (κ2) is 72.9. The van der Waals surface area contributed by atoms with Gasteiger partial charge in [-0.2, -0.15) is 0 Å². The zero-order valence-electron chi connectivity index (χ0n) is 62.4. The van der Waals surface area contributed by atoms with Crippen molar-refractivity contribution < 1.29 is 49.3 Å². The molecular formula is C84H157NO10. The molecule has 11 heteroatoms. The van der Waals surface area contributed by atoms with Crippen LogP contribution in [0.3, 0.4) is 0 Å². The van der Waals surface area contributed by atoms with Crippen LogP contribution in [0, 0.1) is 0 Å². The molecule has 558 valence electrons. The highest BCUT2D eigenvalue weighted by Crippen LogP contribution is 2.24. The minimum atomic E-state index is -1.58. The quantitative estimate of drug-likeness (QED) is 0.0195. The van der Waals surface area contributed by atoms with Gasteiger partial charge in [-0.25, -0.2) is 0 Å². The molecule has 0 spiro atoms. The Labute approximate surface area is 586 Å². The fourth-order valence-electron chi connectivity index (χ4n) is 13.2. The molecule has 7 unspecified atom stereocenters. The van der Waals surface area contributed by atoms with Crippen LogP contribution in [0.5, 0.6) is 0 Å². The lowest BCUT2D eigenvalue weighted by Crippen LogP contribution is -2.60. The van der Waals surface area contributed by atoms with E-state index in [0.29, 0.717) is 19.4 Å². The van der Waals surface area contributed by atoms with E-state index in [1.165, 1.54) is 327 Å². The molecular weight excluding hydrogens is 1180 g/mol. The van der Waals surface area contributed by atoms with Crippen molar-refractivity contribution in [2.75, 3.05) is 19.8 Å². The summed E-state index contributed by atoms with van der Waals surface area (Å²) in [5, 5.41) is 54.5. The van der Waals surface area contributed by atoms with Crippen LogP contribution in [0.25, 0.3) is 0 Å². The van der Waals surface area contributed by atoms with Gasteiger partial charge >= 0.3 is 5.97 Å². The highest BCUT2D eigenvalue weighted by molar-refractivity contribution is 5.76. The molecule has 0 aliphatic carbocycles. The summed E-state index contributed by atoms with van der Waals surface area (Å²) in [6, 6.07) is -0.825. The number of hydrogen-bond donors (Lipinski definition) is 6. The van der Waals surface area contributed by atoms with E-state index in [-0.39, 0.29) is 18.5 Å². The third kappa shape index (κ3) is 61.2. The standard InChI is InChI=1S/C84H157NO10/c1-3-5-7-9-11-13-15-17-18-45-48-52-56-60-64-68-72-80(89)93-73-69-65-61-57-53-49-46-43-41-39-37-35-33-31-29-27-25-23-21-19-20-22-24-26-28-30-32-34-36-38-40-42-44-47-51-55-59-63-67-71-79(88)85-76(75-94-84-83(92)82(91)81(90)78(74-86)95-84)77(87)70-66-62-58-54-50-16-14-12-10-8-6-4-2/h19-20,23,25,50,54,66,70,76-78,81-84,86-87,90-92H,3-18,21-22,24,26-49,51-53,55-65,67-69,71-75H2,1-2H3,(H,85,88)/b20-19-,25-23-,54-50+,70-66+. The van der Waals surface area contributed by atoms with Crippen molar-refractivity contribution in [3.63, 3.8) is 0 Å². The molecule has 1 fully saturated rings. The van der Waals surface area contributed by atoms with Gasteiger partial charge in [-0.05, 0) is 77.0 Å². The Balaban J connectivity index is 1.88. The van der Waals surface area contributed by atoms with Crippen molar-refractivity contribution in [1.82, 2.24) is 5.32 Å². The van der Waals surface area contributed by atoms with Crippen molar-refractivity contribution in [3.8, 4) is 0 Å². The van der Waals surface area contributed by atoms with Gasteiger partial charge in [0.25, 0.3) is 0 Å². The Morgan fingerprint density at radius 2 is 0.716 bits per heavy atom. The van der Waals surface area contributed by atoms with Gasteiger partial charge in [-0.1, -0.05) is 371 Å². The third-order valence-electron chi connectivity index (χ3n) is 19.7. The Morgan fingerprint density at radius 3 is 1.11 bits per heavy atom. The molecule has 7 atom stereocenters. The van der Waals surface area contributed by atoms with Crippen LogP contribution in [0.1, 0.15) is 412 Å². The Kier molecular flexibility index (Phi) is 69.5. The largest absolute Gasteiger partial charge is 0.466 e. The number of ether oxygens (including phenoxy) is 3. The molecule has 0 aromatic heterocycles. The van der Waals surface area contributed by atoms with Crippen LogP contribution in [-0.4, -0.2) is 100 Å². The molecule has 95 heavy (non-hydrogen) atoms. The van der Waals surface area contributed by atoms with Gasteiger partial charge in [0.2, 0.25) is 5.91 Å². The normalized spacial score (nSPS) is 17.6. The molecule has 11 nitrogen and oxygen atoms in total. The highest BCUT2D eigenvalue weighted by atomic mass is 16.7. The van der Waals surface area contributed by atoms with Crippen molar-refractivity contribution in [1.29, 1.82) is 0 Å². The fourth-order valence-corrected chi connectivity index (χ4v) is 13.2. The first kappa shape index (κ1) is 90.6. The number of aliphatic hydroxyl groups excluding tert-OH is 5. The zero-order chi connectivity index (χ0) is 68.6. The first-order chi connectivity index (χ1) is 46.7. The van der Waals surface area contributed by atoms with E-state index in [1.54, 1.807) is 6.08 Å². The first-order valence-corrected chi connectivity index (χ1v) is 41.4. The van der Waals surface area contributed by atoms with E-state index in [4.69, 9.17) is 14.2 Å². The number of allylic oxidation sites excluding steroid dienone is 7. The van der Waals surface area contributed by atoms with Crippen molar-refractivity contribution in [2.24, 2.45) is 0 Å². The summed E-state index contributed by atoms with van der Waals surface area (Å²) in [6.45, 7) is 4.37. The van der Waals surface area contributed by atoms with E-state index in [9.17, 15) is 35.1 Å². The van der Waals surface area contributed by atoms with Gasteiger partial charge in [0.15, 0.2) is 6.29 Å². The topological polar surface area (TPSA) is 175 Å². The number of aliphatic hydroxyl groups is 5. The molecule has 0 bridgehead atoms. The maximum Gasteiger partial charge on any atom is 0.305 e. The van der Waals surface area contributed by atoms with E-state index >= 15 is 0 Å². The molecule has 1 aliphatic heterocycles. The van der Waals surface area contributed by atoms with Crippen LogP contribution in [-0.2, 0) is 23.8 Å². The molecule has 1 aliphatic rings. The third-order valence-corrected chi connectivity index (χ3v) is 19.7. The lowest BCUT2D eigenvalue weighted by Gasteiger charge is -2.40. The predicted octanol–water partition coefficient (Wildman–Crippen LogP) is 22.6. The van der Waals surface area contributed by atoms with Crippen LogP contribution in [0.2, 0.25) is 0 Å². The fraction of sp³-hybridized carbons (Fsp3) is 0.881. The Hall–Kier alpha value is -2.38. The van der Waals surface area contributed by atoms with Gasteiger partial charge in [0, 0.05) is 12.8 Å². The van der Waals surface area contributed by atoms with Crippen molar-refractivity contribution >= 4 is 11.9 Å². The molecule has 0 radical (unpaired) electrons. The minimum Gasteiger partial charge on any atom is -0.466 e. The second-order valence-electron chi connectivity index (χ2n) is 28.8. The predicted molar refractivity (Wildman–Crippen MR) is 403 cm³/mol. The summed E-state index contributed by atoms with van der Waals surface area (Å²) in [6.07, 6.45) is 87.4. The number of unbranched alkanes of at least 4 members (excludes halogenated alkanes) is 54. The maximum atomic E-state index is 13.1. The van der Waals surface area contributed by atoms with E-state index in [1.807, 2.05) is 6.08 Å². The Bertz CT molecular complexity index is 1720. The van der Waals surface area contributed by atoms with E-state index in [2.05, 4.69) is 55.6 Å². The van der Waals surface area contributed by atoms with E-state index in [0.717, 1.165) is 57.8 Å². The molecule has 1 saturated heterocycles. The van der Waals surface area contributed by atoms with Gasteiger partial charge in [0.1, 0.15) is 24.4 Å². The molecule has 6 N–H and O–H groups in total. The van der Waals surface area contributed by atoms with Gasteiger partial charge < -0.3 is 45.1 Å². The number of carbonyl (C=O) groups excluding carboxylic acids is 2. The number of amides is 1. The van der Waals surface area contributed by atoms with Gasteiger partial charge in [-0.3, -0.25) is 9.59 Å². The van der Waals surface area contributed by atoms with Gasteiger partial charge in [-0.15, -0.1) is 0 Å². The summed E-state index contributed by atoms with van der Waals surface area (Å²) >= 11 is 0. The average molecular weight is 1340 g/mol. The van der Waals surface area contributed by atoms with Crippen LogP contribution in [0.15, 0.2) is 48.6 Å². The lowest BCUT2D eigenvalue weighted by atomic mass is 9.99. The summed E-state index contributed by atoms with van der Waals surface area (Å²) in [5.74, 6) is -0.169. The van der Waals surface area contributed by atoms with Crippen molar-refractivity contribution in [3.05, 3.63) is 48.6 Å². The number of hydrogen-bond acceptors (Lipinski definition) is 10. The summed E-state index contributed by atoms with van der Waals surface area (Å²) < 4.78 is 16.8. The lowest BCUT2D eigenvalue weighted by molar-refractivity contribution is -0.302. The Morgan fingerprint density at radius 1 is 0.389 bits per heavy atom. The average Bonchev–Trinajstić information content (AvgIpc) is 0.850. The molecule has 0 saturated carbocycles. The smallest absolute Gasteiger partial charge is 0.305 e. The maximum absolute atomic E-state index is 13.1. The molecule has 0 aromatic carbocycles. The van der Waals surface area contributed by atoms with E-state index < -0.39 is 49.5 Å². The summed E-state index contributed by atoms with van der Waals surface area (Å²) in [7, 11) is 0. The molecule has 0 aromatic rings. The van der Waals surface area contributed by atoms with Crippen LogP contribution < -0.4 is 5.32 Å². The number of esters is 1. The minimum absolute atomic E-state index is 0.0185. The molecule has 1 rings (SSSR count). The number of carbonyl (C=O) groups is 2. The SMILES string of the molecule is CCCCCCCC/C=C/CC/C=C/C(O)C(COC1OC(CO)C(O)C(O)C1O)NC(=O)CCCCCCCCCCCCCCCCCCC/C=C\C/C=C\CCCCCCCCCCCCCCCCCOC(=O)CCCCCCCCCCCCCCCCCC. The van der Waals surface area contributed by atoms with Gasteiger partial charge in [0.05, 0.1) is 32.0 Å². The highest BCUT2D eigenvalue weighted by Gasteiger charge is 2.44. The number of rotatable bonds is 74. The van der Waals surface area contributed by atoms with Crippen LogP contribution in [0.4, 0.5) is 0 Å². The van der Waals surface area contributed by atoms with Crippen LogP contribution >= 0.6 is 0 Å². The zero-order valence-corrected chi connectivity index (χ0v) is 62.4. The second-order valence-corrected chi connectivity index (χ2v) is 28.8. The molecule has 1 amide bonds. The number of nitrogens with one attached hydrogen (secondary N) is 1. The summed E-state index contributed by atoms with van der Waals surface area (Å²) in [4.78, 5) is 25.2.